The molecule has 0 unspecified atom stereocenters. The van der Waals surface area contributed by atoms with Crippen molar-refractivity contribution in [2.75, 3.05) is 0 Å². The summed E-state index contributed by atoms with van der Waals surface area (Å²) < 4.78 is 16.4. The van der Waals surface area contributed by atoms with Gasteiger partial charge in [-0.3, -0.25) is 24.9 Å². The van der Waals surface area contributed by atoms with E-state index in [0.29, 0.717) is 0 Å². The van der Waals surface area contributed by atoms with E-state index in [1.54, 1.807) is 6.20 Å². The van der Waals surface area contributed by atoms with Crippen LogP contribution in [0, 0.1) is 0 Å². The molecule has 1 aliphatic heterocycles. The average molecular weight is 1670 g/mol. The van der Waals surface area contributed by atoms with Gasteiger partial charge in [-0.2, -0.15) is 0 Å². The molecule has 0 aliphatic carbocycles. The molecule has 12 heteroatoms. The molecular weight excluding hydrogens is 1600 g/mol. The molecule has 0 bridgehead atoms. The van der Waals surface area contributed by atoms with Gasteiger partial charge in [0.2, 0.25) is 0 Å². The van der Waals surface area contributed by atoms with Gasteiger partial charge >= 0.3 is 7.12 Å². The lowest BCUT2D eigenvalue weighted by molar-refractivity contribution is 0.00578. The molecule has 0 atom stereocenters. The summed E-state index contributed by atoms with van der Waals surface area (Å²) in [6.07, 6.45) is 18.5. The molecule has 16 aromatic rings. The van der Waals surface area contributed by atoms with Gasteiger partial charge in [0.05, 0.1) is 11.2 Å². The third-order valence-corrected chi connectivity index (χ3v) is 21.8. The Hall–Kier alpha value is -10.9. The van der Waals surface area contributed by atoms with Crippen molar-refractivity contribution in [2.24, 2.45) is 0 Å². The fraction of sp³-hybridized carbons (Fsp3) is 0.0619. The van der Waals surface area contributed by atoms with Crippen LogP contribution in [0.15, 0.2) is 383 Å². The van der Waals surface area contributed by atoms with Crippen molar-refractivity contribution in [2.45, 2.75) is 38.9 Å². The summed E-state index contributed by atoms with van der Waals surface area (Å²) in [6.45, 7) is 8.27. The fourth-order valence-electron chi connectivity index (χ4n) is 13.3. The summed E-state index contributed by atoms with van der Waals surface area (Å²) >= 11 is 14.1. The topological polar surface area (TPSA) is 82.9 Å². The van der Waals surface area contributed by atoms with Crippen LogP contribution in [0.3, 0.4) is 0 Å². The lowest BCUT2D eigenvalue weighted by atomic mass is 9.78. The van der Waals surface area contributed by atoms with E-state index < -0.39 is 0 Å². The monoisotopic (exact) mass is 1670 g/mol. The summed E-state index contributed by atoms with van der Waals surface area (Å²) in [7, 11) is -0.307. The molecule has 6 heterocycles. The number of hydrogen-bond acceptors (Lipinski definition) is 7. The molecule has 0 N–H and O–H groups in total. The first-order valence-electron chi connectivity index (χ1n) is 35.9. The summed E-state index contributed by atoms with van der Waals surface area (Å²) in [5.41, 5.74) is 30.2. The van der Waals surface area contributed by atoms with Crippen LogP contribution in [0.1, 0.15) is 27.7 Å². The van der Waals surface area contributed by atoms with Gasteiger partial charge in [-0.05, 0) is 281 Å². The highest BCUT2D eigenvalue weighted by atomic mass is 79.9. The minimum Gasteiger partial charge on any atom is -0.399 e. The number of nitrogens with zero attached hydrogens (tertiary/aromatic N) is 5. The quantitative estimate of drug-likeness (QED) is 0.100. The standard InChI is InChI=1S/C62H42N4.C18H10Br4.C17H20BNO2/c1-5-53(39-63-29-1)43-9-17-47(18-10-43)57-33-58(48-19-11-44(12-20-48)54-6-2-30-64-40-54)36-61(35-57)51-25-27-52(28-26-51)62-37-59(49-21-13-45(14-22-49)55-7-3-31-65-41-55)34-60(38-62)50-23-15-46(16-24-50)56-8-4-32-66-42-56;19-15-5-13(6-16(20)9-15)11-1-2-12(4-3-11)14-7-17(21)10-18(22)8-14;1-16(2)17(3,4)21-18(20-16)15-9-7-13(8-10-15)14-6-5-11-19-12-14/h1-42H;1-10H;5-12H,1-4H3. The maximum Gasteiger partial charge on any atom is 0.494 e. The van der Waals surface area contributed by atoms with Gasteiger partial charge in [0, 0.05) is 79.9 Å². The van der Waals surface area contributed by atoms with Crippen LogP contribution in [0.2, 0.25) is 0 Å². The smallest absolute Gasteiger partial charge is 0.399 e. The first-order chi connectivity index (χ1) is 53.1. The van der Waals surface area contributed by atoms with Crippen LogP contribution in [0.25, 0.3) is 145 Å². The van der Waals surface area contributed by atoms with E-state index >= 15 is 0 Å². The number of benzene rings is 11. The van der Waals surface area contributed by atoms with Gasteiger partial charge in [-0.25, -0.2) is 0 Å². The van der Waals surface area contributed by atoms with Crippen molar-refractivity contribution in [3.05, 3.63) is 383 Å². The van der Waals surface area contributed by atoms with Crippen molar-refractivity contribution in [1.82, 2.24) is 24.9 Å². The lowest BCUT2D eigenvalue weighted by Crippen LogP contribution is -2.41. The maximum absolute atomic E-state index is 6.06. The molecule has 0 amide bonds. The molecule has 1 saturated heterocycles. The van der Waals surface area contributed by atoms with E-state index in [2.05, 4.69) is 377 Å². The molecule has 528 valence electrons. The minimum absolute atomic E-state index is 0.306. The molecule has 0 saturated carbocycles. The SMILES string of the molecule is Brc1cc(Br)cc(-c2ccc(-c3cc(Br)cc(Br)c3)cc2)c1.CC1(C)OB(c2ccc(-c3cccnc3)cc2)OC1(C)C.c1cncc(-c2ccc(-c3cc(-c4ccc(-c5cccnc5)cc4)cc(-c4ccc(-c5cc(-c6ccc(-c7cccnc7)cc6)cc(-c6ccc(-c7cccnc7)cc6)c5)cc4)c3)cc2)c1. The Bertz CT molecular complexity index is 5210. The van der Waals surface area contributed by atoms with Gasteiger partial charge in [0.1, 0.15) is 0 Å². The zero-order valence-electron chi connectivity index (χ0n) is 60.3. The van der Waals surface area contributed by atoms with Gasteiger partial charge in [-0.1, -0.05) is 264 Å². The molecule has 109 heavy (non-hydrogen) atoms. The largest absolute Gasteiger partial charge is 0.494 e. The second-order valence-electron chi connectivity index (χ2n) is 27.8. The van der Waals surface area contributed by atoms with E-state index in [-0.39, 0.29) is 18.3 Å². The van der Waals surface area contributed by atoms with Crippen molar-refractivity contribution in [3.8, 4) is 145 Å². The lowest BCUT2D eigenvalue weighted by Gasteiger charge is -2.32. The molecule has 17 rings (SSSR count). The molecule has 0 spiro atoms. The Morgan fingerprint density at radius 1 is 0.202 bits per heavy atom. The third kappa shape index (κ3) is 17.8. The normalized spacial score (nSPS) is 12.6. The van der Waals surface area contributed by atoms with Crippen LogP contribution in [-0.4, -0.2) is 43.2 Å². The second-order valence-corrected chi connectivity index (χ2v) is 31.5. The van der Waals surface area contributed by atoms with Crippen LogP contribution < -0.4 is 5.46 Å². The van der Waals surface area contributed by atoms with Gasteiger partial charge in [-0.15, -0.1) is 0 Å². The number of hydrogen-bond donors (Lipinski definition) is 0. The van der Waals surface area contributed by atoms with Gasteiger partial charge in [0.15, 0.2) is 0 Å². The van der Waals surface area contributed by atoms with Gasteiger partial charge < -0.3 is 9.31 Å². The van der Waals surface area contributed by atoms with E-state index in [1.807, 2.05) is 98.2 Å². The van der Waals surface area contributed by atoms with E-state index in [4.69, 9.17) is 9.31 Å². The summed E-state index contributed by atoms with van der Waals surface area (Å²) in [5.74, 6) is 0. The van der Waals surface area contributed by atoms with E-state index in [9.17, 15) is 0 Å². The molecule has 11 aromatic carbocycles. The Labute approximate surface area is 671 Å². The minimum atomic E-state index is -0.307. The first-order valence-corrected chi connectivity index (χ1v) is 39.1. The number of aromatic nitrogens is 5. The Kier molecular flexibility index (Phi) is 22.5. The van der Waals surface area contributed by atoms with Crippen molar-refractivity contribution >= 4 is 76.3 Å². The molecular formula is C97H72BBr4N5O2. The average Bonchev–Trinajstić information content (AvgIpc) is 1.74. The maximum atomic E-state index is 6.06. The van der Waals surface area contributed by atoms with E-state index in [1.165, 1.54) is 22.3 Å². The highest BCUT2D eigenvalue weighted by Gasteiger charge is 2.51. The molecule has 5 aromatic heterocycles. The molecule has 0 radical (unpaired) electrons. The Morgan fingerprint density at radius 2 is 0.367 bits per heavy atom. The van der Waals surface area contributed by atoms with Gasteiger partial charge in [0.25, 0.3) is 0 Å². The van der Waals surface area contributed by atoms with Crippen LogP contribution in [0.4, 0.5) is 0 Å². The summed E-state index contributed by atoms with van der Waals surface area (Å²) in [6, 6.07) is 108. The second kappa shape index (κ2) is 33.3. The first kappa shape index (κ1) is 73.6. The summed E-state index contributed by atoms with van der Waals surface area (Å²) in [5, 5.41) is 0. The Balaban J connectivity index is 0.000000177. The fourth-order valence-corrected chi connectivity index (χ4v) is 15.9. The zero-order chi connectivity index (χ0) is 74.9. The highest BCUT2D eigenvalue weighted by molar-refractivity contribution is 9.11. The Morgan fingerprint density at radius 3 is 0.541 bits per heavy atom. The van der Waals surface area contributed by atoms with Crippen LogP contribution in [-0.2, 0) is 9.31 Å². The number of pyridine rings is 5. The highest BCUT2D eigenvalue weighted by Crippen LogP contribution is 2.41. The van der Waals surface area contributed by atoms with Crippen molar-refractivity contribution < 1.29 is 9.31 Å². The van der Waals surface area contributed by atoms with Crippen LogP contribution in [0.5, 0.6) is 0 Å². The predicted molar refractivity (Wildman–Crippen MR) is 465 cm³/mol. The third-order valence-electron chi connectivity index (χ3n) is 20.0. The molecule has 1 aliphatic rings. The van der Waals surface area contributed by atoms with E-state index in [0.717, 1.165) is 146 Å². The summed E-state index contributed by atoms with van der Waals surface area (Å²) in [4.78, 5) is 21.5. The molecule has 7 nitrogen and oxygen atoms in total. The number of halogens is 4. The van der Waals surface area contributed by atoms with Crippen molar-refractivity contribution in [1.29, 1.82) is 0 Å². The van der Waals surface area contributed by atoms with Crippen LogP contribution >= 0.6 is 63.7 Å². The molecule has 1 fully saturated rings. The van der Waals surface area contributed by atoms with Crippen molar-refractivity contribution in [3.63, 3.8) is 0 Å². The number of rotatable bonds is 14. The predicted octanol–water partition coefficient (Wildman–Crippen LogP) is 27.1. The zero-order valence-corrected chi connectivity index (χ0v) is 66.6.